The molecule has 2 saturated heterocycles. The van der Waals surface area contributed by atoms with Gasteiger partial charge in [-0.3, -0.25) is 9.69 Å². The molecule has 0 spiro atoms. The highest BCUT2D eigenvalue weighted by Crippen LogP contribution is 2.33. The number of fused-ring (bicyclic) bond motifs is 3. The van der Waals surface area contributed by atoms with E-state index in [9.17, 15) is 4.79 Å². The van der Waals surface area contributed by atoms with Gasteiger partial charge in [0.15, 0.2) is 0 Å². The number of ketones is 1. The molecule has 1 aliphatic carbocycles. The Morgan fingerprint density at radius 2 is 2.06 bits per heavy atom. The normalized spacial score (nSPS) is 27.5. The summed E-state index contributed by atoms with van der Waals surface area (Å²) in [5.74, 6) is 1.68. The van der Waals surface area contributed by atoms with Crippen molar-refractivity contribution in [2.45, 2.75) is 31.8 Å². The summed E-state index contributed by atoms with van der Waals surface area (Å²) in [7, 11) is 1.68. The summed E-state index contributed by atoms with van der Waals surface area (Å²) in [6, 6.07) is 8.71. The average Bonchev–Trinajstić information content (AvgIpc) is 2.41. The van der Waals surface area contributed by atoms with Gasteiger partial charge in [0, 0.05) is 31.5 Å². The second-order valence-electron chi connectivity index (χ2n) is 5.38. The topological polar surface area (TPSA) is 29.5 Å². The summed E-state index contributed by atoms with van der Waals surface area (Å²) >= 11 is 0. The van der Waals surface area contributed by atoms with E-state index >= 15 is 0 Å². The number of nitrogens with zero attached hydrogens (tertiary/aromatic N) is 1. The number of piperidine rings is 2. The summed E-state index contributed by atoms with van der Waals surface area (Å²) in [6.45, 7) is 1.91. The van der Waals surface area contributed by atoms with Crippen molar-refractivity contribution in [3.63, 3.8) is 0 Å². The Kier molecular flexibility index (Phi) is 3.08. The van der Waals surface area contributed by atoms with Crippen LogP contribution >= 0.6 is 0 Å². The molecular weight excluding hydrogens is 226 g/mol. The SMILES string of the molecule is COc1ccc(CN2CC3CCC2CC3=O)cc1. The summed E-state index contributed by atoms with van der Waals surface area (Å²) in [4.78, 5) is 14.2. The zero-order valence-corrected chi connectivity index (χ0v) is 10.8. The van der Waals surface area contributed by atoms with Gasteiger partial charge in [0.1, 0.15) is 11.5 Å². The first-order chi connectivity index (χ1) is 8.76. The molecule has 96 valence electrons. The van der Waals surface area contributed by atoms with E-state index in [1.807, 2.05) is 12.1 Å². The Morgan fingerprint density at radius 1 is 1.28 bits per heavy atom. The van der Waals surface area contributed by atoms with E-state index in [-0.39, 0.29) is 0 Å². The number of ether oxygens (including phenoxy) is 1. The van der Waals surface area contributed by atoms with E-state index in [0.717, 1.165) is 31.7 Å². The van der Waals surface area contributed by atoms with Gasteiger partial charge in [0.25, 0.3) is 0 Å². The van der Waals surface area contributed by atoms with Gasteiger partial charge in [-0.2, -0.15) is 0 Å². The Bertz CT molecular complexity index is 440. The van der Waals surface area contributed by atoms with Crippen molar-refractivity contribution >= 4 is 5.78 Å². The summed E-state index contributed by atoms with van der Waals surface area (Å²) < 4.78 is 5.16. The van der Waals surface area contributed by atoms with Crippen molar-refractivity contribution in [2.24, 2.45) is 5.92 Å². The second-order valence-corrected chi connectivity index (χ2v) is 5.38. The van der Waals surface area contributed by atoms with Crippen LogP contribution in [-0.2, 0) is 11.3 Å². The molecule has 0 radical (unpaired) electrons. The Labute approximate surface area is 108 Å². The molecule has 1 saturated carbocycles. The van der Waals surface area contributed by atoms with E-state index < -0.39 is 0 Å². The molecule has 2 unspecified atom stereocenters. The molecule has 3 aliphatic rings. The highest BCUT2D eigenvalue weighted by atomic mass is 16.5. The van der Waals surface area contributed by atoms with Gasteiger partial charge < -0.3 is 4.74 Å². The summed E-state index contributed by atoms with van der Waals surface area (Å²) in [6.07, 6.45) is 3.05. The molecule has 0 aromatic heterocycles. The highest BCUT2D eigenvalue weighted by Gasteiger charge is 2.38. The standard InChI is InChI=1S/C15H19NO2/c1-18-14-6-2-11(3-7-14)9-16-10-12-4-5-13(16)8-15(12)17/h2-3,6-7,12-13H,4-5,8-10H2,1H3. The number of carbonyl (C=O) groups is 1. The van der Waals surface area contributed by atoms with Crippen LogP contribution in [0.1, 0.15) is 24.8 Å². The van der Waals surface area contributed by atoms with Gasteiger partial charge >= 0.3 is 0 Å². The van der Waals surface area contributed by atoms with Gasteiger partial charge in [-0.25, -0.2) is 0 Å². The van der Waals surface area contributed by atoms with Crippen LogP contribution in [0.2, 0.25) is 0 Å². The zero-order chi connectivity index (χ0) is 12.5. The maximum atomic E-state index is 11.7. The lowest BCUT2D eigenvalue weighted by Gasteiger charge is -2.44. The molecule has 2 heterocycles. The van der Waals surface area contributed by atoms with Crippen LogP contribution in [0, 0.1) is 5.92 Å². The molecule has 18 heavy (non-hydrogen) atoms. The fourth-order valence-corrected chi connectivity index (χ4v) is 3.15. The number of rotatable bonds is 3. The van der Waals surface area contributed by atoms with Gasteiger partial charge in [-0.05, 0) is 30.5 Å². The molecule has 3 heteroatoms. The van der Waals surface area contributed by atoms with E-state index in [1.165, 1.54) is 12.0 Å². The third-order valence-electron chi connectivity index (χ3n) is 4.26. The summed E-state index contributed by atoms with van der Waals surface area (Å²) in [5, 5.41) is 0. The van der Waals surface area contributed by atoms with Crippen LogP contribution in [0.3, 0.4) is 0 Å². The van der Waals surface area contributed by atoms with E-state index in [0.29, 0.717) is 17.7 Å². The van der Waals surface area contributed by atoms with E-state index in [2.05, 4.69) is 17.0 Å². The lowest BCUT2D eigenvalue weighted by molar-refractivity contribution is -0.132. The highest BCUT2D eigenvalue weighted by molar-refractivity contribution is 5.83. The van der Waals surface area contributed by atoms with Crippen LogP contribution in [-0.4, -0.2) is 30.4 Å². The predicted octanol–water partition coefficient (Wildman–Crippen LogP) is 2.25. The van der Waals surface area contributed by atoms with Crippen molar-refractivity contribution in [1.29, 1.82) is 0 Å². The molecule has 0 N–H and O–H groups in total. The molecule has 1 aromatic carbocycles. The lowest BCUT2D eigenvalue weighted by Crippen LogP contribution is -2.51. The number of carbonyl (C=O) groups excluding carboxylic acids is 1. The van der Waals surface area contributed by atoms with Crippen LogP contribution < -0.4 is 4.74 Å². The number of hydrogen-bond acceptors (Lipinski definition) is 3. The van der Waals surface area contributed by atoms with Crippen molar-refractivity contribution in [1.82, 2.24) is 4.90 Å². The average molecular weight is 245 g/mol. The maximum Gasteiger partial charge on any atom is 0.138 e. The summed E-state index contributed by atoms with van der Waals surface area (Å²) in [5.41, 5.74) is 1.30. The second kappa shape index (κ2) is 4.73. The Hall–Kier alpha value is -1.35. The number of benzene rings is 1. The molecule has 0 amide bonds. The molecule has 3 nitrogen and oxygen atoms in total. The minimum Gasteiger partial charge on any atom is -0.497 e. The smallest absolute Gasteiger partial charge is 0.138 e. The van der Waals surface area contributed by atoms with Gasteiger partial charge in [0.05, 0.1) is 7.11 Å². The van der Waals surface area contributed by atoms with Crippen molar-refractivity contribution in [3.8, 4) is 5.75 Å². The number of Topliss-reactive ketones (excluding diaryl/α,β-unsaturated/α-hetero) is 1. The number of hydrogen-bond donors (Lipinski definition) is 0. The molecule has 4 rings (SSSR count). The third kappa shape index (κ3) is 2.15. The minimum absolute atomic E-state index is 0.299. The van der Waals surface area contributed by atoms with Crippen LogP contribution in [0.25, 0.3) is 0 Å². The molecule has 2 bridgehead atoms. The Morgan fingerprint density at radius 3 is 2.61 bits per heavy atom. The molecular formula is C15H19NO2. The third-order valence-corrected chi connectivity index (χ3v) is 4.26. The molecule has 1 aromatic rings. The molecule has 2 aliphatic heterocycles. The first-order valence-corrected chi connectivity index (χ1v) is 6.66. The fourth-order valence-electron chi connectivity index (χ4n) is 3.15. The van der Waals surface area contributed by atoms with Crippen LogP contribution in [0.5, 0.6) is 5.75 Å². The lowest BCUT2D eigenvalue weighted by atomic mass is 9.79. The van der Waals surface area contributed by atoms with E-state index in [1.54, 1.807) is 7.11 Å². The monoisotopic (exact) mass is 245 g/mol. The Balaban J connectivity index is 1.68. The largest absolute Gasteiger partial charge is 0.497 e. The first kappa shape index (κ1) is 11.7. The predicted molar refractivity (Wildman–Crippen MR) is 69.5 cm³/mol. The van der Waals surface area contributed by atoms with Crippen molar-refractivity contribution in [2.75, 3.05) is 13.7 Å². The van der Waals surface area contributed by atoms with E-state index in [4.69, 9.17) is 4.74 Å². The van der Waals surface area contributed by atoms with Crippen LogP contribution in [0.4, 0.5) is 0 Å². The van der Waals surface area contributed by atoms with Crippen molar-refractivity contribution in [3.05, 3.63) is 29.8 Å². The first-order valence-electron chi connectivity index (χ1n) is 6.66. The van der Waals surface area contributed by atoms with Gasteiger partial charge in [-0.1, -0.05) is 12.1 Å². The van der Waals surface area contributed by atoms with Crippen LogP contribution in [0.15, 0.2) is 24.3 Å². The maximum absolute atomic E-state index is 11.7. The van der Waals surface area contributed by atoms with Gasteiger partial charge in [-0.15, -0.1) is 0 Å². The molecule has 3 fully saturated rings. The minimum atomic E-state index is 0.299. The van der Waals surface area contributed by atoms with Gasteiger partial charge in [0.2, 0.25) is 0 Å². The number of methoxy groups -OCH3 is 1. The molecule has 2 atom stereocenters. The quantitative estimate of drug-likeness (QED) is 0.818. The zero-order valence-electron chi connectivity index (χ0n) is 10.8. The van der Waals surface area contributed by atoms with Crippen molar-refractivity contribution < 1.29 is 9.53 Å². The fraction of sp³-hybridized carbons (Fsp3) is 0.533.